The summed E-state index contributed by atoms with van der Waals surface area (Å²) in [6, 6.07) is 8.46. The molecule has 8 nitrogen and oxygen atoms in total. The number of piperazine rings is 1. The Labute approximate surface area is 162 Å². The molecule has 2 fully saturated rings. The number of fused-ring (bicyclic) bond motifs is 2. The van der Waals surface area contributed by atoms with Crippen LogP contribution in [0.5, 0.6) is 11.5 Å². The van der Waals surface area contributed by atoms with Gasteiger partial charge in [-0.05, 0) is 36.6 Å². The van der Waals surface area contributed by atoms with Crippen molar-refractivity contribution in [2.45, 2.75) is 25.3 Å². The van der Waals surface area contributed by atoms with Crippen LogP contribution in [0.1, 0.15) is 30.0 Å². The highest BCUT2D eigenvalue weighted by molar-refractivity contribution is 5.68. The molecule has 0 amide bonds. The minimum absolute atomic E-state index is 0.323. The van der Waals surface area contributed by atoms with Crippen molar-refractivity contribution in [3.05, 3.63) is 41.9 Å². The summed E-state index contributed by atoms with van der Waals surface area (Å²) in [6.07, 6.45) is 4.19. The van der Waals surface area contributed by atoms with Crippen LogP contribution in [-0.4, -0.2) is 57.7 Å². The number of benzene rings is 1. The number of hydrogen-bond acceptors (Lipinski definition) is 7. The van der Waals surface area contributed by atoms with Crippen molar-refractivity contribution in [1.82, 2.24) is 24.7 Å². The Morgan fingerprint density at radius 3 is 2.71 bits per heavy atom. The molecule has 4 heterocycles. The maximum atomic E-state index is 5.50. The molecule has 1 saturated carbocycles. The highest BCUT2D eigenvalue weighted by Gasteiger charge is 2.28. The molecule has 2 aliphatic heterocycles. The second-order valence-electron chi connectivity index (χ2n) is 7.78. The van der Waals surface area contributed by atoms with Crippen LogP contribution in [0.25, 0.3) is 5.65 Å². The van der Waals surface area contributed by atoms with Gasteiger partial charge in [0, 0.05) is 38.6 Å². The Morgan fingerprint density at radius 1 is 1.00 bits per heavy atom. The molecule has 0 spiro atoms. The molecule has 1 aliphatic carbocycles. The second-order valence-corrected chi connectivity index (χ2v) is 7.78. The van der Waals surface area contributed by atoms with Crippen molar-refractivity contribution in [2.75, 3.05) is 37.9 Å². The van der Waals surface area contributed by atoms with Crippen molar-refractivity contribution in [3.8, 4) is 11.5 Å². The minimum Gasteiger partial charge on any atom is -0.454 e. The summed E-state index contributed by atoms with van der Waals surface area (Å²) in [5.41, 5.74) is 4.45. The second kappa shape index (κ2) is 6.34. The maximum Gasteiger partial charge on any atom is 0.231 e. The summed E-state index contributed by atoms with van der Waals surface area (Å²) in [6.45, 7) is 5.21. The fourth-order valence-electron chi connectivity index (χ4n) is 4.09. The lowest BCUT2D eigenvalue weighted by molar-refractivity contribution is 0.174. The van der Waals surface area contributed by atoms with Gasteiger partial charge in [0.2, 0.25) is 12.4 Å². The Bertz CT molecular complexity index is 1020. The van der Waals surface area contributed by atoms with Gasteiger partial charge in [0.15, 0.2) is 11.5 Å². The molecule has 0 bridgehead atoms. The van der Waals surface area contributed by atoms with E-state index in [1.165, 1.54) is 24.1 Å². The quantitative estimate of drug-likeness (QED) is 0.688. The summed E-state index contributed by atoms with van der Waals surface area (Å²) in [5, 5.41) is 13.1. The van der Waals surface area contributed by atoms with Crippen LogP contribution >= 0.6 is 0 Å². The molecule has 144 valence electrons. The monoisotopic (exact) mass is 378 g/mol. The number of ether oxygens (including phenoxy) is 2. The zero-order chi connectivity index (χ0) is 18.5. The van der Waals surface area contributed by atoms with Gasteiger partial charge in [-0.15, -0.1) is 10.2 Å². The van der Waals surface area contributed by atoms with Gasteiger partial charge >= 0.3 is 0 Å². The number of anilines is 1. The molecule has 0 unspecified atom stereocenters. The Kier molecular flexibility index (Phi) is 3.65. The molecule has 28 heavy (non-hydrogen) atoms. The topological polar surface area (TPSA) is 68.0 Å². The highest BCUT2D eigenvalue weighted by atomic mass is 16.7. The first-order chi connectivity index (χ1) is 13.8. The van der Waals surface area contributed by atoms with Gasteiger partial charge in [-0.1, -0.05) is 6.07 Å². The zero-order valence-electron chi connectivity index (χ0n) is 15.6. The van der Waals surface area contributed by atoms with E-state index in [1.54, 1.807) is 6.33 Å². The van der Waals surface area contributed by atoms with Gasteiger partial charge in [-0.3, -0.25) is 4.90 Å². The summed E-state index contributed by atoms with van der Waals surface area (Å²) in [7, 11) is 0. The highest BCUT2D eigenvalue weighted by Crippen LogP contribution is 2.40. The summed E-state index contributed by atoms with van der Waals surface area (Å²) in [5.74, 6) is 2.31. The van der Waals surface area contributed by atoms with E-state index in [0.717, 1.165) is 55.6 Å². The molecule has 8 heteroatoms. The molecule has 6 rings (SSSR count). The van der Waals surface area contributed by atoms with Crippen LogP contribution in [0.4, 0.5) is 5.69 Å². The van der Waals surface area contributed by atoms with Crippen molar-refractivity contribution in [2.24, 2.45) is 0 Å². The molecular formula is C20H22N6O2. The van der Waals surface area contributed by atoms with Gasteiger partial charge in [0.25, 0.3) is 0 Å². The van der Waals surface area contributed by atoms with Crippen molar-refractivity contribution >= 4 is 11.3 Å². The molecule has 2 aromatic heterocycles. The van der Waals surface area contributed by atoms with Crippen LogP contribution in [0.3, 0.4) is 0 Å². The first kappa shape index (κ1) is 16.1. The van der Waals surface area contributed by atoms with E-state index in [2.05, 4.69) is 43.3 Å². The van der Waals surface area contributed by atoms with Crippen LogP contribution in [0.15, 0.2) is 30.6 Å². The normalized spacial score (nSPS) is 19.5. The van der Waals surface area contributed by atoms with E-state index in [-0.39, 0.29) is 0 Å². The van der Waals surface area contributed by atoms with E-state index in [9.17, 15) is 0 Å². The van der Waals surface area contributed by atoms with Gasteiger partial charge in [0.1, 0.15) is 6.33 Å². The smallest absolute Gasteiger partial charge is 0.231 e. The molecule has 0 radical (unpaired) electrons. The molecule has 0 atom stereocenters. The van der Waals surface area contributed by atoms with Gasteiger partial charge in [-0.2, -0.15) is 9.61 Å². The Hall–Kier alpha value is -2.87. The van der Waals surface area contributed by atoms with E-state index in [4.69, 9.17) is 9.47 Å². The lowest BCUT2D eigenvalue weighted by Crippen LogP contribution is -2.46. The van der Waals surface area contributed by atoms with Crippen LogP contribution in [0, 0.1) is 0 Å². The van der Waals surface area contributed by atoms with Crippen molar-refractivity contribution in [3.63, 3.8) is 0 Å². The van der Waals surface area contributed by atoms with E-state index >= 15 is 0 Å². The summed E-state index contributed by atoms with van der Waals surface area (Å²) in [4.78, 5) is 4.91. The van der Waals surface area contributed by atoms with Crippen molar-refractivity contribution < 1.29 is 9.47 Å². The first-order valence-corrected chi connectivity index (χ1v) is 9.90. The van der Waals surface area contributed by atoms with E-state index in [0.29, 0.717) is 12.7 Å². The number of hydrogen-bond donors (Lipinski definition) is 0. The van der Waals surface area contributed by atoms with Gasteiger partial charge < -0.3 is 14.4 Å². The molecule has 1 aromatic carbocycles. The Morgan fingerprint density at radius 2 is 1.86 bits per heavy atom. The standard InChI is InChI=1S/C20H22N6O2/c1-4-18-19(28-13-27-18)9-14(1)11-24-5-7-25(8-6-24)17-10-16(15-2-3-15)23-26-12-21-22-20(17)26/h1,4,9-10,12,15H,2-3,5-8,11,13H2. The fraction of sp³-hybridized carbons (Fsp3) is 0.450. The Balaban J connectivity index is 1.17. The molecule has 0 N–H and O–H groups in total. The predicted molar refractivity (Wildman–Crippen MR) is 103 cm³/mol. The van der Waals surface area contributed by atoms with Crippen LogP contribution < -0.4 is 14.4 Å². The maximum absolute atomic E-state index is 5.50. The minimum atomic E-state index is 0.323. The predicted octanol–water partition coefficient (Wildman–Crippen LogP) is 2.05. The first-order valence-electron chi connectivity index (χ1n) is 9.90. The number of rotatable bonds is 4. The number of aromatic nitrogens is 4. The van der Waals surface area contributed by atoms with E-state index in [1.807, 2.05) is 10.6 Å². The summed E-state index contributed by atoms with van der Waals surface area (Å²) >= 11 is 0. The lowest BCUT2D eigenvalue weighted by atomic mass is 10.1. The molecule has 1 saturated heterocycles. The average molecular weight is 378 g/mol. The molecule has 3 aliphatic rings. The fourth-order valence-corrected chi connectivity index (χ4v) is 4.09. The number of nitrogens with zero attached hydrogens (tertiary/aromatic N) is 6. The molecule has 3 aromatic rings. The summed E-state index contributed by atoms with van der Waals surface area (Å²) < 4.78 is 12.7. The third-order valence-electron chi connectivity index (χ3n) is 5.82. The average Bonchev–Trinajstić information content (AvgIpc) is 3.28. The largest absolute Gasteiger partial charge is 0.454 e. The van der Waals surface area contributed by atoms with Crippen LogP contribution in [0.2, 0.25) is 0 Å². The van der Waals surface area contributed by atoms with Gasteiger partial charge in [0.05, 0.1) is 11.4 Å². The lowest BCUT2D eigenvalue weighted by Gasteiger charge is -2.36. The van der Waals surface area contributed by atoms with Crippen molar-refractivity contribution in [1.29, 1.82) is 0 Å². The molecular weight excluding hydrogens is 356 g/mol. The third-order valence-corrected chi connectivity index (χ3v) is 5.82. The van der Waals surface area contributed by atoms with E-state index < -0.39 is 0 Å². The van der Waals surface area contributed by atoms with Crippen LogP contribution in [-0.2, 0) is 6.54 Å². The third kappa shape index (κ3) is 2.84. The zero-order valence-corrected chi connectivity index (χ0v) is 15.6. The van der Waals surface area contributed by atoms with Gasteiger partial charge in [-0.25, -0.2) is 0 Å². The SMILES string of the molecule is c1cc2c(cc1CN1CCN(c3cc(C4CC4)nn4cnnc34)CC1)OCO2.